The molecule has 0 atom stereocenters. The van der Waals surface area contributed by atoms with Gasteiger partial charge in [-0.3, -0.25) is 0 Å². The number of azo groups is 1. The highest BCUT2D eigenvalue weighted by Gasteiger charge is 1.68. The summed E-state index contributed by atoms with van der Waals surface area (Å²) in [6.45, 7) is 1.15. The molecule has 0 unspecified atom stereocenters. The predicted molar refractivity (Wildman–Crippen MR) is 23.5 cm³/mol. The van der Waals surface area contributed by atoms with E-state index < -0.39 is 11.6 Å². The molecule has 0 amide bonds. The van der Waals surface area contributed by atoms with Crippen molar-refractivity contribution in [3.05, 3.63) is 11.6 Å². The summed E-state index contributed by atoms with van der Waals surface area (Å²) in [5, 5.41) is 26.2. The highest BCUT2D eigenvalue weighted by atomic mass is 16.3. The number of rotatable bonds is 1. The van der Waals surface area contributed by atoms with Crippen LogP contribution in [0.2, 0.25) is 0 Å². The van der Waals surface area contributed by atoms with Crippen molar-refractivity contribution >= 4 is 0 Å². The Morgan fingerprint density at radius 3 is 2.00 bits per heavy atom. The van der Waals surface area contributed by atoms with Gasteiger partial charge in [0.15, 0.2) is 0 Å². The standard InChI is InChI=1S/C4H8N2O2/c1-3(7)4(8)6-5-2/h7-8H,1-2H3/p-2/b4-3+,6-5?. The summed E-state index contributed by atoms with van der Waals surface area (Å²) < 4.78 is 0. The molecule has 0 saturated heterocycles. The highest BCUT2D eigenvalue weighted by Crippen LogP contribution is 1.88. The maximum Gasteiger partial charge on any atom is 0.0491 e. The maximum absolute atomic E-state index is 10.1. The van der Waals surface area contributed by atoms with E-state index in [1.807, 2.05) is 0 Å². The molecule has 4 nitrogen and oxygen atoms in total. The van der Waals surface area contributed by atoms with Crippen LogP contribution < -0.4 is 10.2 Å². The van der Waals surface area contributed by atoms with Gasteiger partial charge in [-0.05, 0) is 5.88 Å². The van der Waals surface area contributed by atoms with Gasteiger partial charge < -0.3 is 10.2 Å². The van der Waals surface area contributed by atoms with Gasteiger partial charge >= 0.3 is 0 Å². The van der Waals surface area contributed by atoms with Crippen molar-refractivity contribution < 1.29 is 10.2 Å². The van der Waals surface area contributed by atoms with Crippen molar-refractivity contribution in [3.63, 3.8) is 0 Å². The van der Waals surface area contributed by atoms with Crippen molar-refractivity contribution in [2.75, 3.05) is 7.05 Å². The molecule has 0 aliphatic rings. The summed E-state index contributed by atoms with van der Waals surface area (Å²) in [4.78, 5) is 0. The quantitative estimate of drug-likeness (QED) is 0.323. The van der Waals surface area contributed by atoms with Crippen molar-refractivity contribution in [3.8, 4) is 0 Å². The van der Waals surface area contributed by atoms with E-state index in [1.54, 1.807) is 0 Å². The van der Waals surface area contributed by atoms with Crippen LogP contribution in [0.5, 0.6) is 0 Å². The van der Waals surface area contributed by atoms with Crippen molar-refractivity contribution in [1.82, 2.24) is 0 Å². The lowest BCUT2D eigenvalue weighted by Crippen LogP contribution is -2.11. The van der Waals surface area contributed by atoms with Crippen LogP contribution >= 0.6 is 0 Å². The van der Waals surface area contributed by atoms with Gasteiger partial charge in [0.05, 0.1) is 0 Å². The minimum absolute atomic E-state index is 0.587. The van der Waals surface area contributed by atoms with Crippen LogP contribution in [-0.2, 0) is 0 Å². The number of nitrogens with zero attached hydrogens (tertiary/aromatic N) is 2. The lowest BCUT2D eigenvalue weighted by atomic mass is 10.6. The molecule has 46 valence electrons. The molecule has 0 aliphatic heterocycles. The molecule has 0 saturated carbocycles. The first-order valence-electron chi connectivity index (χ1n) is 2.03. The van der Waals surface area contributed by atoms with Gasteiger partial charge in [0.1, 0.15) is 0 Å². The molecule has 0 fully saturated rings. The van der Waals surface area contributed by atoms with Crippen LogP contribution in [-0.4, -0.2) is 7.05 Å². The minimum atomic E-state index is -0.799. The molecule has 0 aromatic heterocycles. The molecule has 0 rings (SSSR count). The summed E-state index contributed by atoms with van der Waals surface area (Å²) >= 11 is 0. The van der Waals surface area contributed by atoms with E-state index in [0.717, 1.165) is 6.92 Å². The Morgan fingerprint density at radius 2 is 1.88 bits per heavy atom. The summed E-state index contributed by atoms with van der Waals surface area (Å²) in [5.41, 5.74) is 0. The first-order valence-corrected chi connectivity index (χ1v) is 2.03. The van der Waals surface area contributed by atoms with E-state index in [-0.39, 0.29) is 0 Å². The van der Waals surface area contributed by atoms with Crippen LogP contribution in [0.25, 0.3) is 0 Å². The minimum Gasteiger partial charge on any atom is -0.875 e. The summed E-state index contributed by atoms with van der Waals surface area (Å²) in [6, 6.07) is 0. The fraction of sp³-hybridized carbons (Fsp3) is 0.500. The third-order valence-electron chi connectivity index (χ3n) is 0.492. The van der Waals surface area contributed by atoms with Gasteiger partial charge in [0.2, 0.25) is 0 Å². The smallest absolute Gasteiger partial charge is 0.0491 e. The Labute approximate surface area is 47.2 Å². The van der Waals surface area contributed by atoms with E-state index in [0.29, 0.717) is 0 Å². The Balaban J connectivity index is 4.00. The third kappa shape index (κ3) is 2.17. The molecule has 4 heteroatoms. The molecule has 0 aliphatic carbocycles. The van der Waals surface area contributed by atoms with E-state index >= 15 is 0 Å². The second kappa shape index (κ2) is 3.01. The second-order valence-electron chi connectivity index (χ2n) is 1.16. The monoisotopic (exact) mass is 114 g/mol. The number of hydrogen-bond acceptors (Lipinski definition) is 4. The zero-order valence-electron chi connectivity index (χ0n) is 4.71. The van der Waals surface area contributed by atoms with Gasteiger partial charge in [0, 0.05) is 7.05 Å². The Bertz CT molecular complexity index is 124. The van der Waals surface area contributed by atoms with Crippen LogP contribution in [0.3, 0.4) is 0 Å². The average Bonchev–Trinajstić information content (AvgIpc) is 1.67. The molecule has 8 heavy (non-hydrogen) atoms. The molecule has 0 aromatic rings. The topological polar surface area (TPSA) is 70.8 Å². The predicted octanol–water partition coefficient (Wildman–Crippen LogP) is -1.02. The molecule has 0 radical (unpaired) electrons. The van der Waals surface area contributed by atoms with E-state index in [4.69, 9.17) is 0 Å². The van der Waals surface area contributed by atoms with Crippen molar-refractivity contribution in [2.45, 2.75) is 6.92 Å². The van der Waals surface area contributed by atoms with Crippen molar-refractivity contribution in [2.24, 2.45) is 10.2 Å². The molecule has 0 aromatic carbocycles. The molecule has 0 N–H and O–H groups in total. The highest BCUT2D eigenvalue weighted by molar-refractivity contribution is 4.87. The van der Waals surface area contributed by atoms with Gasteiger partial charge in [-0.2, -0.15) is 10.2 Å². The number of hydrogen-bond donors (Lipinski definition) is 0. The molecule has 0 bridgehead atoms. The lowest BCUT2D eigenvalue weighted by molar-refractivity contribution is -0.358. The summed E-state index contributed by atoms with van der Waals surface area (Å²) in [6.07, 6.45) is 0. The van der Waals surface area contributed by atoms with Crippen LogP contribution in [0.1, 0.15) is 6.92 Å². The molecular weight excluding hydrogens is 108 g/mol. The zero-order valence-corrected chi connectivity index (χ0v) is 4.71. The fourth-order valence-electron chi connectivity index (χ4n) is 0.161. The van der Waals surface area contributed by atoms with Crippen LogP contribution in [0.4, 0.5) is 0 Å². The Kier molecular flexibility index (Phi) is 2.61. The molecule has 0 heterocycles. The van der Waals surface area contributed by atoms with E-state index in [1.165, 1.54) is 7.05 Å². The largest absolute Gasteiger partial charge is 0.875 e. The maximum atomic E-state index is 10.1. The van der Waals surface area contributed by atoms with E-state index in [2.05, 4.69) is 10.2 Å². The number of allylic oxidation sites excluding steroid dienone is 1. The first-order chi connectivity index (χ1) is 3.68. The fourth-order valence-corrected chi connectivity index (χ4v) is 0.161. The van der Waals surface area contributed by atoms with Gasteiger partial charge in [-0.15, -0.1) is 5.76 Å². The molecule has 0 spiro atoms. The van der Waals surface area contributed by atoms with Gasteiger partial charge in [-0.25, -0.2) is 0 Å². The third-order valence-corrected chi connectivity index (χ3v) is 0.492. The van der Waals surface area contributed by atoms with Gasteiger partial charge in [0.25, 0.3) is 0 Å². The Morgan fingerprint density at radius 1 is 1.38 bits per heavy atom. The van der Waals surface area contributed by atoms with Crippen LogP contribution in [0, 0.1) is 0 Å². The second-order valence-corrected chi connectivity index (χ2v) is 1.16. The normalized spacial score (nSPS) is 14.2. The van der Waals surface area contributed by atoms with E-state index in [9.17, 15) is 10.2 Å². The van der Waals surface area contributed by atoms with Crippen molar-refractivity contribution in [1.29, 1.82) is 0 Å². The SMILES string of the molecule is CN=N/C([O-])=C(/C)[O-]. The summed E-state index contributed by atoms with van der Waals surface area (Å²) in [7, 11) is 1.33. The lowest BCUT2D eigenvalue weighted by Gasteiger charge is -2.12. The Hall–Kier alpha value is -1.06. The molecular formula is C4H6N2O2-2. The zero-order chi connectivity index (χ0) is 6.57. The summed E-state index contributed by atoms with van der Waals surface area (Å²) in [5.74, 6) is -1.39. The van der Waals surface area contributed by atoms with Crippen LogP contribution in [0.15, 0.2) is 21.9 Å². The first kappa shape index (κ1) is 6.94. The van der Waals surface area contributed by atoms with Gasteiger partial charge in [-0.1, -0.05) is 6.92 Å². The average molecular weight is 114 g/mol.